The number of hydrogen-bond acceptors (Lipinski definition) is 6. The van der Waals surface area contributed by atoms with E-state index in [9.17, 15) is 0 Å². The Bertz CT molecular complexity index is 126. The molecule has 137 valence electrons. The number of rotatable bonds is 2. The van der Waals surface area contributed by atoms with Gasteiger partial charge in [-0.2, -0.15) is 0 Å². The van der Waals surface area contributed by atoms with Crippen molar-refractivity contribution in [3.63, 3.8) is 0 Å². The van der Waals surface area contributed by atoms with Gasteiger partial charge in [0.15, 0.2) is 0 Å². The van der Waals surface area contributed by atoms with Gasteiger partial charge in [-0.05, 0) is 20.8 Å². The van der Waals surface area contributed by atoms with Crippen molar-refractivity contribution in [2.75, 3.05) is 25.7 Å². The third-order valence-corrected chi connectivity index (χ3v) is 0.328. The van der Waals surface area contributed by atoms with Crippen molar-refractivity contribution < 1.29 is 165 Å². The number of carbonyl (C=O) groups excluding carboxylic acids is 2. The number of carbonyl (C=O) groups is 2. The van der Waals surface area contributed by atoms with Gasteiger partial charge >= 0.3 is 132 Å². The minimum absolute atomic E-state index is 0. The second-order valence-corrected chi connectivity index (χ2v) is 2.71. The van der Waals surface area contributed by atoms with E-state index in [1.165, 1.54) is 6.92 Å². The number of aliphatic hydroxyl groups excluding tert-OH is 1. The first-order valence-electron chi connectivity index (χ1n) is 5.85. The Hall–Kier alpha value is 4.32. The molecule has 12 heteroatoms. The molecule has 0 spiro atoms. The van der Waals surface area contributed by atoms with Gasteiger partial charge in [0.25, 0.3) is 6.47 Å². The molecule has 24 heavy (non-hydrogen) atoms. The molecule has 0 saturated carbocycles. The fourth-order valence-corrected chi connectivity index (χ4v) is 0. The summed E-state index contributed by atoms with van der Waals surface area (Å²) in [7, 11) is 1.68. The van der Waals surface area contributed by atoms with Crippen molar-refractivity contribution >= 4 is 54.1 Å². The minimum atomic E-state index is -0.181. The summed E-state index contributed by atoms with van der Waals surface area (Å²) in [5.74, 6) is 0. The number of alkyl halides is 1. The van der Waals surface area contributed by atoms with Crippen LogP contribution in [0.2, 0.25) is 0 Å². The third kappa shape index (κ3) is 423. The summed E-state index contributed by atoms with van der Waals surface area (Å²) < 4.78 is 4.54. The zero-order chi connectivity index (χ0) is 16.9. The Labute approximate surface area is 280 Å². The van der Waals surface area contributed by atoms with Crippen LogP contribution in [0, 0.1) is 0 Å². The number of halogens is 2. The van der Waals surface area contributed by atoms with Crippen molar-refractivity contribution in [3.8, 4) is 0 Å². The fraction of sp³-hybridized carbons (Fsp3) is 0.833. The molecule has 0 fully saturated rings. The second kappa shape index (κ2) is 148. The zero-order valence-corrected chi connectivity index (χ0v) is 28.7. The van der Waals surface area contributed by atoms with Gasteiger partial charge in [-0.25, -0.2) is 0 Å². The molecule has 3 radical (unpaired) electrons. The predicted octanol–water partition coefficient (Wildman–Crippen LogP) is -6.85. The third-order valence-electron chi connectivity index (χ3n) is 0.328. The zero-order valence-electron chi connectivity index (χ0n) is 19.1. The molecule has 0 atom stereocenters. The van der Waals surface area contributed by atoms with E-state index in [1.807, 2.05) is 27.7 Å². The monoisotopic (exact) mass is 543 g/mol. The molecule has 6 nitrogen and oxygen atoms in total. The summed E-state index contributed by atoms with van der Waals surface area (Å²) in [5, 5.41) is 17.1. The van der Waals surface area contributed by atoms with Gasteiger partial charge in [-0.1, -0.05) is 36.7 Å². The fourth-order valence-electron chi connectivity index (χ4n) is 0. The molecule has 1 N–H and O–H groups in total. The van der Waals surface area contributed by atoms with Gasteiger partial charge in [0, 0.05) is 34.1 Å². The summed E-state index contributed by atoms with van der Waals surface area (Å²) in [6.45, 7) is 12.0. The maximum atomic E-state index is 8.81. The second-order valence-electron chi connectivity index (χ2n) is 1.59. The van der Waals surface area contributed by atoms with E-state index in [4.69, 9.17) is 20.0 Å². The molecule has 0 heterocycles. The molecular weight excluding hydrogens is 512 g/mol. The van der Waals surface area contributed by atoms with Crippen molar-refractivity contribution in [3.05, 3.63) is 0 Å². The van der Waals surface area contributed by atoms with Gasteiger partial charge in [-0.15, -0.1) is 17.0 Å². The van der Waals surface area contributed by atoms with Crippen LogP contribution in [0.3, 0.4) is 0 Å². The van der Waals surface area contributed by atoms with Crippen molar-refractivity contribution in [2.24, 2.45) is 0 Å². The molecule has 0 bridgehead atoms. The maximum Gasteiger partial charge on any atom is 1.00 e. The molecule has 0 aliphatic rings. The van der Waals surface area contributed by atoms with Gasteiger partial charge in [-0.3, -0.25) is 4.79 Å². The van der Waals surface area contributed by atoms with Gasteiger partial charge in [0.2, 0.25) is 0 Å². The summed E-state index contributed by atoms with van der Waals surface area (Å²) in [6.07, 6.45) is 0.750. The Morgan fingerprint density at radius 3 is 1.25 bits per heavy atom. The van der Waals surface area contributed by atoms with Crippen LogP contribution in [0.25, 0.3) is 0 Å². The van der Waals surface area contributed by atoms with Crippen LogP contribution in [-0.4, -0.2) is 51.9 Å². The van der Waals surface area contributed by atoms with Crippen LogP contribution in [0.1, 0.15) is 44.4 Å². The Morgan fingerprint density at radius 2 is 1.25 bits per heavy atom. The smallest absolute Gasteiger partial charge is 1.00 e. The van der Waals surface area contributed by atoms with E-state index in [1.54, 1.807) is 14.0 Å². The quantitative estimate of drug-likeness (QED) is 0.122. The normalized spacial score (nSPS) is 4.42. The van der Waals surface area contributed by atoms with E-state index in [0.717, 1.165) is 18.2 Å². The van der Waals surface area contributed by atoms with E-state index < -0.39 is 0 Å². The van der Waals surface area contributed by atoms with E-state index in [2.05, 4.69) is 25.6 Å². The standard InChI is InChI=1S/C3H8O.C2H5Br.C2H6O.C2H4O.C2H6.CH2O3.B.BrH.2K.Na.2H/c1-3-4-2;3*1-2-3;1-2;2-1-4-3;;;;;;;/h3H2,1-2H3;2H2,1H3;3H,2H2,1H3;2H,1H3;1-2H3;1,3H;;1H;;;;;/q;;;;;;;;3*+1;2*-1/p-1. The van der Waals surface area contributed by atoms with Crippen LogP contribution >= 0.6 is 32.9 Å². The number of aldehydes is 1. The molecule has 0 saturated heterocycles. The summed E-state index contributed by atoms with van der Waals surface area (Å²) in [4.78, 5) is 20.1. The largest absolute Gasteiger partial charge is 1.00 e. The van der Waals surface area contributed by atoms with E-state index in [0.29, 0.717) is 0 Å². The van der Waals surface area contributed by atoms with E-state index in [-0.39, 0.29) is 174 Å². The van der Waals surface area contributed by atoms with Gasteiger partial charge < -0.3 is 27.6 Å². The van der Waals surface area contributed by atoms with Crippen molar-refractivity contribution in [2.45, 2.75) is 41.5 Å². The molecule has 0 aliphatic carbocycles. The summed E-state index contributed by atoms with van der Waals surface area (Å²) >= 11 is 3.15. The minimum Gasteiger partial charge on any atom is -1.00 e. The Morgan fingerprint density at radius 1 is 1.17 bits per heavy atom. The van der Waals surface area contributed by atoms with Crippen molar-refractivity contribution in [1.29, 1.82) is 0 Å². The molecule has 0 unspecified atom stereocenters. The molecule has 0 amide bonds. The van der Waals surface area contributed by atoms with Crippen LogP contribution in [0.15, 0.2) is 0 Å². The molecule has 0 aliphatic heterocycles. The first-order valence-corrected chi connectivity index (χ1v) is 6.97. The Balaban J connectivity index is -0.00000000680. The summed E-state index contributed by atoms with van der Waals surface area (Å²) in [6, 6.07) is 0. The first kappa shape index (κ1) is 70.5. The molecular formula is C12H33BBr2K2NaO6. The van der Waals surface area contributed by atoms with Crippen LogP contribution < -0.4 is 138 Å². The average molecular weight is 545 g/mol. The van der Waals surface area contributed by atoms with Gasteiger partial charge in [0.1, 0.15) is 6.29 Å². The van der Waals surface area contributed by atoms with Crippen molar-refractivity contribution in [1.82, 2.24) is 0 Å². The number of hydrogen-bond donors (Lipinski definition) is 1. The first-order chi connectivity index (χ1) is 9.07. The predicted molar refractivity (Wildman–Crippen MR) is 98.3 cm³/mol. The van der Waals surface area contributed by atoms with Crippen LogP contribution in [0.5, 0.6) is 0 Å². The summed E-state index contributed by atoms with van der Waals surface area (Å²) in [5.41, 5.74) is 0. The van der Waals surface area contributed by atoms with E-state index >= 15 is 0 Å². The van der Waals surface area contributed by atoms with Crippen LogP contribution in [0.4, 0.5) is 0 Å². The number of aliphatic hydroxyl groups is 1. The molecule has 0 rings (SSSR count). The topological polar surface area (TPSA) is 95.9 Å². The maximum absolute atomic E-state index is 8.81. The number of ether oxygens (including phenoxy) is 1. The molecule has 0 aromatic carbocycles. The number of methoxy groups -OCH3 is 1. The SMILES string of the molecule is Br.CC.CC=O.CCBr.CCO.CCOC.O=CO[O-].[B].[H-].[H-].[K+].[K+].[Na+]. The molecule has 0 aromatic rings. The van der Waals surface area contributed by atoms with Gasteiger partial charge in [0.05, 0.1) is 0 Å². The average Bonchev–Trinajstić information content (AvgIpc) is 2.43. The molecule has 0 aromatic heterocycles. The Kier molecular flexibility index (Phi) is 434. The van der Waals surface area contributed by atoms with Crippen LogP contribution in [-0.2, 0) is 19.2 Å².